The fourth-order valence-electron chi connectivity index (χ4n) is 2.26. The second kappa shape index (κ2) is 5.34. The molecule has 1 amide bonds. The fraction of sp³-hybridized carbons (Fsp3) is 0.727. The molecule has 7 heteroatoms. The van der Waals surface area contributed by atoms with Crippen molar-refractivity contribution in [3.8, 4) is 0 Å². The predicted octanol–water partition coefficient (Wildman–Crippen LogP) is 0.324. The van der Waals surface area contributed by atoms with Crippen LogP contribution in [0, 0.1) is 0 Å². The minimum Gasteiger partial charge on any atom is -0.406 e. The number of carbonyl (C=O) groups is 1. The van der Waals surface area contributed by atoms with Crippen LogP contribution in [-0.2, 0) is 4.79 Å². The topological polar surface area (TPSA) is 111 Å². The summed E-state index contributed by atoms with van der Waals surface area (Å²) in [4.78, 5) is 12.9. The average molecular weight is 253 g/mol. The molecule has 1 atom stereocenters. The molecule has 7 nitrogen and oxygen atoms in total. The molecule has 1 aromatic rings. The number of hydrogen-bond donors (Lipinski definition) is 2. The summed E-state index contributed by atoms with van der Waals surface area (Å²) in [6.45, 7) is 1.87. The Balaban J connectivity index is 2.18. The van der Waals surface area contributed by atoms with Crippen LogP contribution in [0.15, 0.2) is 4.42 Å². The molecule has 1 aromatic heterocycles. The molecule has 0 saturated heterocycles. The number of carbonyl (C=O) groups excluding carboxylic acids is 1. The van der Waals surface area contributed by atoms with Crippen molar-refractivity contribution in [2.24, 2.45) is 11.5 Å². The normalized spacial score (nSPS) is 17.9. The first-order chi connectivity index (χ1) is 8.58. The van der Waals surface area contributed by atoms with Gasteiger partial charge in [0.25, 0.3) is 0 Å². The summed E-state index contributed by atoms with van der Waals surface area (Å²) in [6, 6.07) is 0.275. The SMILES string of the molecule is CC(N)c1nnc(N(CC(N)=O)C2CCCC2)o1. The first-order valence-electron chi connectivity index (χ1n) is 6.22. The number of primary amides is 1. The molecule has 0 aromatic carbocycles. The highest BCUT2D eigenvalue weighted by Crippen LogP contribution is 2.27. The zero-order valence-electron chi connectivity index (χ0n) is 10.5. The van der Waals surface area contributed by atoms with Crippen LogP contribution in [0.25, 0.3) is 0 Å². The largest absolute Gasteiger partial charge is 0.406 e. The summed E-state index contributed by atoms with van der Waals surface area (Å²) in [5.74, 6) is -0.0279. The van der Waals surface area contributed by atoms with E-state index in [2.05, 4.69) is 10.2 Å². The Morgan fingerprint density at radius 3 is 2.67 bits per heavy atom. The summed E-state index contributed by atoms with van der Waals surface area (Å²) in [5, 5.41) is 7.84. The van der Waals surface area contributed by atoms with Crippen molar-refractivity contribution in [2.75, 3.05) is 11.4 Å². The van der Waals surface area contributed by atoms with Gasteiger partial charge in [-0.05, 0) is 19.8 Å². The molecule has 1 saturated carbocycles. The third-order valence-corrected chi connectivity index (χ3v) is 3.16. The fourth-order valence-corrected chi connectivity index (χ4v) is 2.26. The van der Waals surface area contributed by atoms with E-state index in [1.807, 2.05) is 0 Å². The lowest BCUT2D eigenvalue weighted by molar-refractivity contribution is -0.116. The Hall–Kier alpha value is -1.63. The first kappa shape index (κ1) is 12.8. The number of rotatable bonds is 5. The Kier molecular flexibility index (Phi) is 3.81. The number of nitrogens with two attached hydrogens (primary N) is 2. The van der Waals surface area contributed by atoms with E-state index >= 15 is 0 Å². The maximum absolute atomic E-state index is 11.1. The highest BCUT2D eigenvalue weighted by Gasteiger charge is 2.28. The second-order valence-electron chi connectivity index (χ2n) is 4.74. The van der Waals surface area contributed by atoms with Gasteiger partial charge in [0.15, 0.2) is 0 Å². The van der Waals surface area contributed by atoms with Gasteiger partial charge in [-0.2, -0.15) is 0 Å². The monoisotopic (exact) mass is 253 g/mol. The molecule has 1 fully saturated rings. The molecule has 0 radical (unpaired) electrons. The quantitative estimate of drug-likeness (QED) is 0.781. The van der Waals surface area contributed by atoms with E-state index in [9.17, 15) is 4.79 Å². The van der Waals surface area contributed by atoms with Crippen LogP contribution in [0.2, 0.25) is 0 Å². The Morgan fingerprint density at radius 1 is 1.50 bits per heavy atom. The van der Waals surface area contributed by atoms with Gasteiger partial charge in [-0.25, -0.2) is 0 Å². The van der Waals surface area contributed by atoms with Crippen LogP contribution in [0.5, 0.6) is 0 Å². The zero-order chi connectivity index (χ0) is 13.1. The molecule has 1 unspecified atom stereocenters. The molecule has 2 rings (SSSR count). The number of hydrogen-bond acceptors (Lipinski definition) is 6. The Labute approximate surface area is 106 Å². The van der Waals surface area contributed by atoms with E-state index in [0.29, 0.717) is 11.9 Å². The van der Waals surface area contributed by atoms with Gasteiger partial charge in [0.1, 0.15) is 6.54 Å². The summed E-state index contributed by atoms with van der Waals surface area (Å²) < 4.78 is 5.49. The third-order valence-electron chi connectivity index (χ3n) is 3.16. The van der Waals surface area contributed by atoms with Gasteiger partial charge in [-0.15, -0.1) is 5.10 Å². The number of anilines is 1. The Morgan fingerprint density at radius 2 is 2.17 bits per heavy atom. The van der Waals surface area contributed by atoms with Crippen molar-refractivity contribution >= 4 is 11.9 Å². The van der Waals surface area contributed by atoms with Crippen molar-refractivity contribution in [2.45, 2.75) is 44.7 Å². The van der Waals surface area contributed by atoms with E-state index in [-0.39, 0.29) is 18.6 Å². The molecule has 100 valence electrons. The summed E-state index contributed by atoms with van der Waals surface area (Å²) >= 11 is 0. The van der Waals surface area contributed by atoms with E-state index in [0.717, 1.165) is 25.7 Å². The summed E-state index contributed by atoms with van der Waals surface area (Å²) in [5.41, 5.74) is 10.9. The lowest BCUT2D eigenvalue weighted by atomic mass is 10.2. The van der Waals surface area contributed by atoms with Crippen molar-refractivity contribution in [3.63, 3.8) is 0 Å². The molecular weight excluding hydrogens is 234 g/mol. The average Bonchev–Trinajstić information content (AvgIpc) is 2.97. The van der Waals surface area contributed by atoms with Crippen LogP contribution >= 0.6 is 0 Å². The lowest BCUT2D eigenvalue weighted by Crippen LogP contribution is -2.40. The van der Waals surface area contributed by atoms with Gasteiger partial charge < -0.3 is 20.8 Å². The highest BCUT2D eigenvalue weighted by atomic mass is 16.4. The molecular formula is C11H19N5O2. The van der Waals surface area contributed by atoms with E-state index in [1.165, 1.54) is 0 Å². The third kappa shape index (κ3) is 2.79. The van der Waals surface area contributed by atoms with Crippen molar-refractivity contribution in [1.82, 2.24) is 10.2 Å². The lowest BCUT2D eigenvalue weighted by Gasteiger charge is -2.25. The van der Waals surface area contributed by atoms with Crippen LogP contribution in [0.4, 0.5) is 6.01 Å². The molecule has 1 aliphatic rings. The maximum atomic E-state index is 11.1. The minimum atomic E-state index is -0.401. The van der Waals surface area contributed by atoms with Gasteiger partial charge >= 0.3 is 6.01 Å². The van der Waals surface area contributed by atoms with E-state index in [1.54, 1.807) is 11.8 Å². The minimum absolute atomic E-state index is 0.102. The van der Waals surface area contributed by atoms with Gasteiger partial charge in [0, 0.05) is 6.04 Å². The zero-order valence-corrected chi connectivity index (χ0v) is 10.5. The molecule has 1 heterocycles. The van der Waals surface area contributed by atoms with E-state index < -0.39 is 5.91 Å². The number of amides is 1. The molecule has 0 spiro atoms. The van der Waals surface area contributed by atoms with Crippen LogP contribution < -0.4 is 16.4 Å². The molecule has 4 N–H and O–H groups in total. The molecule has 18 heavy (non-hydrogen) atoms. The van der Waals surface area contributed by atoms with Crippen molar-refractivity contribution in [1.29, 1.82) is 0 Å². The van der Waals surface area contributed by atoms with Gasteiger partial charge in [-0.1, -0.05) is 17.9 Å². The summed E-state index contributed by atoms with van der Waals surface area (Å²) in [7, 11) is 0. The standard InChI is InChI=1S/C11H19N5O2/c1-7(12)10-14-15-11(18-10)16(6-9(13)17)8-4-2-3-5-8/h7-8H,2-6,12H2,1H3,(H2,13,17). The van der Waals surface area contributed by atoms with Crippen LogP contribution in [-0.4, -0.2) is 28.7 Å². The molecule has 1 aliphatic carbocycles. The first-order valence-corrected chi connectivity index (χ1v) is 6.22. The van der Waals surface area contributed by atoms with Crippen LogP contribution in [0.3, 0.4) is 0 Å². The maximum Gasteiger partial charge on any atom is 0.318 e. The molecule has 0 aliphatic heterocycles. The summed E-state index contributed by atoms with van der Waals surface area (Å²) in [6.07, 6.45) is 4.33. The second-order valence-corrected chi connectivity index (χ2v) is 4.74. The Bertz CT molecular complexity index is 411. The number of aromatic nitrogens is 2. The van der Waals surface area contributed by atoms with Crippen molar-refractivity contribution in [3.05, 3.63) is 5.89 Å². The molecule has 0 bridgehead atoms. The predicted molar refractivity (Wildman–Crippen MR) is 65.7 cm³/mol. The number of nitrogens with zero attached hydrogens (tertiary/aromatic N) is 3. The van der Waals surface area contributed by atoms with Crippen molar-refractivity contribution < 1.29 is 9.21 Å². The van der Waals surface area contributed by atoms with Gasteiger partial charge in [-0.3, -0.25) is 4.79 Å². The van der Waals surface area contributed by atoms with Gasteiger partial charge in [0.05, 0.1) is 6.04 Å². The van der Waals surface area contributed by atoms with Gasteiger partial charge in [0.2, 0.25) is 11.8 Å². The smallest absolute Gasteiger partial charge is 0.318 e. The van der Waals surface area contributed by atoms with Crippen LogP contribution in [0.1, 0.15) is 44.5 Å². The highest BCUT2D eigenvalue weighted by molar-refractivity contribution is 5.78. The van der Waals surface area contributed by atoms with E-state index in [4.69, 9.17) is 15.9 Å².